The van der Waals surface area contributed by atoms with Gasteiger partial charge in [-0.1, -0.05) is 11.6 Å². The molecule has 2 aromatic heterocycles. The first-order valence-corrected chi connectivity index (χ1v) is 8.79. The molecule has 1 aliphatic heterocycles. The van der Waals surface area contributed by atoms with Crippen molar-refractivity contribution < 1.29 is 0 Å². The average molecular weight is 397 g/mol. The van der Waals surface area contributed by atoms with Crippen LogP contribution in [0.3, 0.4) is 0 Å². The van der Waals surface area contributed by atoms with E-state index in [9.17, 15) is 0 Å². The van der Waals surface area contributed by atoms with Crippen LogP contribution in [0.4, 0.5) is 11.6 Å². The quantitative estimate of drug-likeness (QED) is 0.791. The number of aryl methyl sites for hydroxylation is 1. The minimum absolute atomic E-state index is 0.467. The molecule has 122 valence electrons. The molecule has 0 saturated carbocycles. The van der Waals surface area contributed by atoms with Gasteiger partial charge in [-0.3, -0.25) is 0 Å². The number of halogens is 2. The highest BCUT2D eigenvalue weighted by molar-refractivity contribution is 9.10. The summed E-state index contributed by atoms with van der Waals surface area (Å²) in [5.41, 5.74) is 0.991. The summed E-state index contributed by atoms with van der Waals surface area (Å²) in [6.45, 7) is 3.86. The highest BCUT2D eigenvalue weighted by Crippen LogP contribution is 2.29. The van der Waals surface area contributed by atoms with Crippen molar-refractivity contribution in [1.82, 2.24) is 15.0 Å². The molecule has 0 aliphatic carbocycles. The van der Waals surface area contributed by atoms with E-state index in [0.29, 0.717) is 11.1 Å². The van der Waals surface area contributed by atoms with Gasteiger partial charge in [0.2, 0.25) is 0 Å². The van der Waals surface area contributed by atoms with Gasteiger partial charge < -0.3 is 9.80 Å². The molecule has 0 bridgehead atoms. The lowest BCUT2D eigenvalue weighted by Gasteiger charge is -2.38. The molecule has 5 nitrogen and oxygen atoms in total. The van der Waals surface area contributed by atoms with Gasteiger partial charge in [-0.25, -0.2) is 15.0 Å². The number of pyridine rings is 1. The van der Waals surface area contributed by atoms with E-state index in [1.165, 1.54) is 0 Å². The summed E-state index contributed by atoms with van der Waals surface area (Å²) in [4.78, 5) is 17.5. The maximum Gasteiger partial charge on any atom is 0.147 e. The zero-order valence-corrected chi connectivity index (χ0v) is 15.5. The zero-order chi connectivity index (χ0) is 16.4. The van der Waals surface area contributed by atoms with Crippen molar-refractivity contribution in [2.75, 3.05) is 29.9 Å². The van der Waals surface area contributed by atoms with Crippen LogP contribution in [-0.2, 0) is 0 Å². The number of anilines is 2. The summed E-state index contributed by atoms with van der Waals surface area (Å²) in [6.07, 6.45) is 5.52. The van der Waals surface area contributed by atoms with Crippen molar-refractivity contribution in [3.63, 3.8) is 0 Å². The van der Waals surface area contributed by atoms with Crippen LogP contribution in [0.2, 0.25) is 5.02 Å². The predicted molar refractivity (Wildman–Crippen MR) is 97.4 cm³/mol. The van der Waals surface area contributed by atoms with Crippen molar-refractivity contribution in [2.24, 2.45) is 0 Å². The molecule has 1 fully saturated rings. The second-order valence-corrected chi connectivity index (χ2v) is 7.13. The standard InChI is InChI=1S/C16H19BrClN5/c1-11-7-15(21-10-20-11)22(2)13-3-5-23(6-4-13)16-14(18)8-12(17)9-19-16/h7-10,13H,3-6H2,1-2H3. The molecule has 1 aliphatic rings. The number of rotatable bonds is 3. The number of piperidine rings is 1. The minimum atomic E-state index is 0.467. The molecule has 0 amide bonds. The van der Waals surface area contributed by atoms with Gasteiger partial charge in [0, 0.05) is 48.6 Å². The lowest BCUT2D eigenvalue weighted by Crippen LogP contribution is -2.44. The van der Waals surface area contributed by atoms with Gasteiger partial charge >= 0.3 is 0 Å². The molecule has 3 heterocycles. The summed E-state index contributed by atoms with van der Waals surface area (Å²) >= 11 is 9.71. The van der Waals surface area contributed by atoms with Crippen LogP contribution in [0.25, 0.3) is 0 Å². The predicted octanol–water partition coefficient (Wildman–Crippen LogP) is 3.70. The Kier molecular flexibility index (Phi) is 5.02. The van der Waals surface area contributed by atoms with Gasteiger partial charge in [-0.2, -0.15) is 0 Å². The Morgan fingerprint density at radius 1 is 1.22 bits per heavy atom. The molecule has 7 heteroatoms. The summed E-state index contributed by atoms with van der Waals surface area (Å²) in [6, 6.07) is 4.39. The number of hydrogen-bond acceptors (Lipinski definition) is 5. The van der Waals surface area contributed by atoms with Gasteiger partial charge in [0.25, 0.3) is 0 Å². The van der Waals surface area contributed by atoms with E-state index in [1.807, 2.05) is 19.1 Å². The topological polar surface area (TPSA) is 45.2 Å². The van der Waals surface area contributed by atoms with E-state index >= 15 is 0 Å². The monoisotopic (exact) mass is 395 g/mol. The van der Waals surface area contributed by atoms with E-state index in [4.69, 9.17) is 11.6 Å². The second-order valence-electron chi connectivity index (χ2n) is 5.81. The molecule has 0 atom stereocenters. The maximum absolute atomic E-state index is 6.31. The van der Waals surface area contributed by atoms with Crippen molar-refractivity contribution in [3.05, 3.63) is 39.8 Å². The maximum atomic E-state index is 6.31. The van der Waals surface area contributed by atoms with E-state index < -0.39 is 0 Å². The van der Waals surface area contributed by atoms with Crippen LogP contribution in [0.15, 0.2) is 29.1 Å². The molecular formula is C16H19BrClN5. The third-order valence-electron chi connectivity index (χ3n) is 4.25. The first kappa shape index (κ1) is 16.5. The fourth-order valence-electron chi connectivity index (χ4n) is 2.93. The molecule has 23 heavy (non-hydrogen) atoms. The van der Waals surface area contributed by atoms with Crippen molar-refractivity contribution in [1.29, 1.82) is 0 Å². The van der Waals surface area contributed by atoms with Crippen LogP contribution in [0.5, 0.6) is 0 Å². The third kappa shape index (κ3) is 3.75. The SMILES string of the molecule is Cc1cc(N(C)C2CCN(c3ncc(Br)cc3Cl)CC2)ncn1. The summed E-state index contributed by atoms with van der Waals surface area (Å²) in [7, 11) is 2.10. The van der Waals surface area contributed by atoms with Crippen LogP contribution in [-0.4, -0.2) is 41.1 Å². The van der Waals surface area contributed by atoms with Crippen LogP contribution >= 0.6 is 27.5 Å². The Balaban J connectivity index is 1.66. The molecule has 0 N–H and O–H groups in total. The van der Waals surface area contributed by atoms with Gasteiger partial charge in [-0.05, 0) is 41.8 Å². The molecule has 3 rings (SSSR count). The number of hydrogen-bond donors (Lipinski definition) is 0. The number of nitrogens with zero attached hydrogens (tertiary/aromatic N) is 5. The average Bonchev–Trinajstić information content (AvgIpc) is 2.54. The molecule has 0 aromatic carbocycles. The summed E-state index contributed by atoms with van der Waals surface area (Å²) < 4.78 is 0.903. The Morgan fingerprint density at radius 2 is 1.96 bits per heavy atom. The molecule has 2 aromatic rings. The van der Waals surface area contributed by atoms with E-state index in [0.717, 1.165) is 47.7 Å². The number of aromatic nitrogens is 3. The lowest BCUT2D eigenvalue weighted by molar-refractivity contribution is 0.478. The summed E-state index contributed by atoms with van der Waals surface area (Å²) in [5, 5.41) is 0.692. The van der Waals surface area contributed by atoms with Crippen LogP contribution in [0, 0.1) is 6.92 Å². The fraction of sp³-hybridized carbons (Fsp3) is 0.438. The van der Waals surface area contributed by atoms with Crippen molar-refractivity contribution in [2.45, 2.75) is 25.8 Å². The molecule has 1 saturated heterocycles. The van der Waals surface area contributed by atoms with Crippen molar-refractivity contribution in [3.8, 4) is 0 Å². The van der Waals surface area contributed by atoms with Crippen LogP contribution in [0.1, 0.15) is 18.5 Å². The Morgan fingerprint density at radius 3 is 2.61 bits per heavy atom. The van der Waals surface area contributed by atoms with E-state index in [2.05, 4.69) is 47.7 Å². The molecule has 0 unspecified atom stereocenters. The van der Waals surface area contributed by atoms with Gasteiger partial charge in [0.05, 0.1) is 5.02 Å². The largest absolute Gasteiger partial charge is 0.356 e. The Hall–Kier alpha value is -1.40. The Bertz CT molecular complexity index is 688. The summed E-state index contributed by atoms with van der Waals surface area (Å²) in [5.74, 6) is 1.85. The smallest absolute Gasteiger partial charge is 0.147 e. The van der Waals surface area contributed by atoms with Crippen molar-refractivity contribution >= 4 is 39.2 Å². The van der Waals surface area contributed by atoms with Crippen LogP contribution < -0.4 is 9.80 Å². The van der Waals surface area contributed by atoms with Gasteiger partial charge in [0.15, 0.2) is 0 Å². The Labute approximate surface area is 149 Å². The highest BCUT2D eigenvalue weighted by atomic mass is 79.9. The molecule has 0 spiro atoms. The normalized spacial score (nSPS) is 15.7. The molecular weight excluding hydrogens is 378 g/mol. The zero-order valence-electron chi connectivity index (χ0n) is 13.2. The van der Waals surface area contributed by atoms with Gasteiger partial charge in [0.1, 0.15) is 18.0 Å². The molecule has 0 radical (unpaired) electrons. The first-order chi connectivity index (χ1) is 11.0. The third-order valence-corrected chi connectivity index (χ3v) is 4.96. The highest BCUT2D eigenvalue weighted by Gasteiger charge is 2.25. The van der Waals surface area contributed by atoms with E-state index in [1.54, 1.807) is 12.5 Å². The fourth-order valence-corrected chi connectivity index (χ4v) is 3.67. The minimum Gasteiger partial charge on any atom is -0.356 e. The first-order valence-electron chi connectivity index (χ1n) is 7.62. The second kappa shape index (κ2) is 7.01. The van der Waals surface area contributed by atoms with Gasteiger partial charge in [-0.15, -0.1) is 0 Å². The lowest BCUT2D eigenvalue weighted by atomic mass is 10.0. The van der Waals surface area contributed by atoms with E-state index in [-0.39, 0.29) is 0 Å².